The molecule has 3 unspecified atom stereocenters. The fraction of sp³-hybridized carbons (Fsp3) is 1.00. The Balaban J connectivity index is 1.89. The lowest BCUT2D eigenvalue weighted by Crippen LogP contribution is -2.46. The maximum atomic E-state index is 6.02. The summed E-state index contributed by atoms with van der Waals surface area (Å²) in [5.74, 6) is 1.55. The van der Waals surface area contributed by atoms with Gasteiger partial charge in [-0.25, -0.2) is 0 Å². The molecule has 3 heteroatoms. The van der Waals surface area contributed by atoms with Crippen LogP contribution in [0.15, 0.2) is 0 Å². The normalized spacial score (nSPS) is 34.3. The summed E-state index contributed by atoms with van der Waals surface area (Å²) in [7, 11) is 2.11. The first-order valence-electron chi connectivity index (χ1n) is 7.54. The Hall–Kier alpha value is -0.120. The van der Waals surface area contributed by atoms with Crippen molar-refractivity contribution in [1.29, 1.82) is 0 Å². The molecule has 0 aromatic carbocycles. The van der Waals surface area contributed by atoms with Crippen LogP contribution in [0.2, 0.25) is 0 Å². The largest absolute Gasteiger partial charge is 0.378 e. The van der Waals surface area contributed by atoms with Crippen LogP contribution in [0.3, 0.4) is 0 Å². The number of hydrogen-bond acceptors (Lipinski definition) is 3. The first-order valence-corrected chi connectivity index (χ1v) is 7.54. The van der Waals surface area contributed by atoms with E-state index in [1.807, 2.05) is 0 Å². The lowest BCUT2D eigenvalue weighted by Gasteiger charge is -2.40. The van der Waals surface area contributed by atoms with E-state index in [0.717, 1.165) is 38.1 Å². The minimum absolute atomic E-state index is 0.0514. The fourth-order valence-corrected chi connectivity index (χ4v) is 3.40. The molecule has 3 atom stereocenters. The van der Waals surface area contributed by atoms with Crippen molar-refractivity contribution in [3.8, 4) is 0 Å². The molecule has 0 amide bonds. The Morgan fingerprint density at radius 3 is 2.72 bits per heavy atom. The average molecular weight is 255 g/mol. The molecule has 0 radical (unpaired) electrons. The van der Waals surface area contributed by atoms with Gasteiger partial charge >= 0.3 is 0 Å². The topological polar surface area (TPSA) is 30.5 Å². The van der Waals surface area contributed by atoms with Crippen LogP contribution in [0.5, 0.6) is 0 Å². The number of hydrogen-bond donors (Lipinski definition) is 1. The maximum absolute atomic E-state index is 6.02. The highest BCUT2D eigenvalue weighted by Gasteiger charge is 2.42. The van der Waals surface area contributed by atoms with Gasteiger partial charge in [0.1, 0.15) is 0 Å². The minimum Gasteiger partial charge on any atom is -0.378 e. The minimum atomic E-state index is 0.0514. The average Bonchev–Trinajstić information content (AvgIpc) is 2.78. The molecule has 3 nitrogen and oxygen atoms in total. The van der Waals surface area contributed by atoms with Gasteiger partial charge in [0.15, 0.2) is 0 Å². The van der Waals surface area contributed by atoms with Crippen LogP contribution in [0, 0.1) is 11.8 Å². The summed E-state index contributed by atoms with van der Waals surface area (Å²) in [6.45, 7) is 7.22. The first kappa shape index (κ1) is 14.3. The predicted molar refractivity (Wildman–Crippen MR) is 73.8 cm³/mol. The van der Waals surface area contributed by atoms with Crippen molar-refractivity contribution < 1.29 is 9.47 Å². The van der Waals surface area contributed by atoms with E-state index >= 15 is 0 Å². The molecular weight excluding hydrogens is 226 g/mol. The smallest absolute Gasteiger partial charge is 0.0939 e. The Labute approximate surface area is 112 Å². The summed E-state index contributed by atoms with van der Waals surface area (Å²) >= 11 is 0. The Kier molecular flexibility index (Phi) is 5.05. The van der Waals surface area contributed by atoms with Crippen LogP contribution in [-0.4, -0.2) is 38.5 Å². The quantitative estimate of drug-likeness (QED) is 0.819. The van der Waals surface area contributed by atoms with Gasteiger partial charge in [0.25, 0.3) is 0 Å². The molecule has 2 aliphatic rings. The van der Waals surface area contributed by atoms with Gasteiger partial charge in [-0.2, -0.15) is 0 Å². The van der Waals surface area contributed by atoms with Crippen molar-refractivity contribution >= 4 is 0 Å². The zero-order valence-corrected chi connectivity index (χ0v) is 12.2. The highest BCUT2D eigenvalue weighted by molar-refractivity contribution is 4.93. The lowest BCUT2D eigenvalue weighted by molar-refractivity contribution is -0.103. The number of ether oxygens (including phenoxy) is 2. The zero-order chi connectivity index (χ0) is 13.0. The Morgan fingerprint density at radius 2 is 2.11 bits per heavy atom. The maximum Gasteiger partial charge on any atom is 0.0939 e. The van der Waals surface area contributed by atoms with Crippen molar-refractivity contribution in [3.63, 3.8) is 0 Å². The van der Waals surface area contributed by atoms with Gasteiger partial charge in [0.2, 0.25) is 0 Å². The molecule has 0 aliphatic carbocycles. The lowest BCUT2D eigenvalue weighted by atomic mass is 9.79. The van der Waals surface area contributed by atoms with E-state index in [9.17, 15) is 0 Å². The van der Waals surface area contributed by atoms with Gasteiger partial charge < -0.3 is 14.8 Å². The molecule has 0 bridgehead atoms. The van der Waals surface area contributed by atoms with Gasteiger partial charge in [0, 0.05) is 25.7 Å². The molecule has 0 aromatic heterocycles. The van der Waals surface area contributed by atoms with Crippen LogP contribution in [0.25, 0.3) is 0 Å². The van der Waals surface area contributed by atoms with Gasteiger partial charge in [0.05, 0.1) is 12.2 Å². The third-order valence-electron chi connectivity index (χ3n) is 4.59. The zero-order valence-electron chi connectivity index (χ0n) is 12.2. The highest BCUT2D eigenvalue weighted by Crippen LogP contribution is 2.37. The summed E-state index contributed by atoms with van der Waals surface area (Å²) in [5.41, 5.74) is 0.0514. The fourth-order valence-electron chi connectivity index (χ4n) is 3.40. The van der Waals surface area contributed by atoms with Crippen LogP contribution < -0.4 is 5.32 Å². The van der Waals surface area contributed by atoms with Crippen molar-refractivity contribution in [3.05, 3.63) is 0 Å². The SMILES string of the molecule is CNC(CCC(C)C)C1CCOC2(CCOC2)C1. The molecular formula is C15H29NO2. The summed E-state index contributed by atoms with van der Waals surface area (Å²) in [6, 6.07) is 0.647. The number of nitrogens with one attached hydrogen (secondary N) is 1. The molecule has 2 saturated heterocycles. The number of rotatable bonds is 5. The molecule has 1 spiro atoms. The summed E-state index contributed by atoms with van der Waals surface area (Å²) in [5, 5.41) is 3.54. The predicted octanol–water partition coefficient (Wildman–Crippen LogP) is 2.60. The van der Waals surface area contributed by atoms with Crippen molar-refractivity contribution in [2.45, 2.75) is 57.6 Å². The molecule has 2 heterocycles. The summed E-state index contributed by atoms with van der Waals surface area (Å²) < 4.78 is 11.6. The first-order chi connectivity index (χ1) is 8.65. The van der Waals surface area contributed by atoms with Gasteiger partial charge in [-0.1, -0.05) is 13.8 Å². The van der Waals surface area contributed by atoms with E-state index in [-0.39, 0.29) is 5.60 Å². The van der Waals surface area contributed by atoms with E-state index in [2.05, 4.69) is 26.2 Å². The molecule has 1 N–H and O–H groups in total. The third kappa shape index (κ3) is 3.46. The molecule has 18 heavy (non-hydrogen) atoms. The Bertz CT molecular complexity index is 249. The van der Waals surface area contributed by atoms with Crippen LogP contribution in [0.4, 0.5) is 0 Å². The monoisotopic (exact) mass is 255 g/mol. The molecule has 2 fully saturated rings. The Morgan fingerprint density at radius 1 is 1.28 bits per heavy atom. The van der Waals surface area contributed by atoms with Crippen LogP contribution in [-0.2, 0) is 9.47 Å². The van der Waals surface area contributed by atoms with Gasteiger partial charge in [-0.05, 0) is 44.6 Å². The second kappa shape index (κ2) is 6.36. The molecule has 2 aliphatic heterocycles. The molecule has 0 aromatic rings. The van der Waals surface area contributed by atoms with E-state index in [0.29, 0.717) is 6.04 Å². The standard InChI is InChI=1S/C15H29NO2/c1-12(2)4-5-14(16-3)13-6-8-18-15(10-13)7-9-17-11-15/h12-14,16H,4-11H2,1-3H3. The second-order valence-corrected chi connectivity index (χ2v) is 6.45. The second-order valence-electron chi connectivity index (χ2n) is 6.45. The van der Waals surface area contributed by atoms with Gasteiger partial charge in [-0.3, -0.25) is 0 Å². The highest BCUT2D eigenvalue weighted by atomic mass is 16.6. The third-order valence-corrected chi connectivity index (χ3v) is 4.59. The van der Waals surface area contributed by atoms with Crippen molar-refractivity contribution in [2.24, 2.45) is 11.8 Å². The van der Waals surface area contributed by atoms with Crippen molar-refractivity contribution in [2.75, 3.05) is 26.9 Å². The molecule has 0 saturated carbocycles. The van der Waals surface area contributed by atoms with Crippen molar-refractivity contribution in [1.82, 2.24) is 5.32 Å². The van der Waals surface area contributed by atoms with E-state index in [1.165, 1.54) is 25.7 Å². The summed E-state index contributed by atoms with van der Waals surface area (Å²) in [6.07, 6.45) is 6.06. The molecule has 2 rings (SSSR count). The van der Waals surface area contributed by atoms with Crippen LogP contribution >= 0.6 is 0 Å². The van der Waals surface area contributed by atoms with Crippen LogP contribution in [0.1, 0.15) is 46.0 Å². The molecule has 106 valence electrons. The van der Waals surface area contributed by atoms with E-state index < -0.39 is 0 Å². The van der Waals surface area contributed by atoms with E-state index in [1.54, 1.807) is 0 Å². The van der Waals surface area contributed by atoms with Gasteiger partial charge in [-0.15, -0.1) is 0 Å². The van der Waals surface area contributed by atoms with E-state index in [4.69, 9.17) is 9.47 Å². The summed E-state index contributed by atoms with van der Waals surface area (Å²) in [4.78, 5) is 0.